The summed E-state index contributed by atoms with van der Waals surface area (Å²) >= 11 is 0. The molecule has 0 rings (SSSR count). The zero-order valence-electron chi connectivity index (χ0n) is 10.3. The molecule has 1 N–H and O–H groups in total. The largest absolute Gasteiger partial charge is 0.318 e. The molecule has 0 bridgehead atoms. The van der Waals surface area contributed by atoms with Crippen molar-refractivity contribution >= 4 is 0 Å². The van der Waals surface area contributed by atoms with Crippen molar-refractivity contribution in [1.82, 2.24) is 15.1 Å². The van der Waals surface area contributed by atoms with E-state index in [-0.39, 0.29) is 0 Å². The first-order valence-electron chi connectivity index (χ1n) is 5.72. The predicted molar refractivity (Wildman–Crippen MR) is 63.8 cm³/mol. The molecule has 0 saturated heterocycles. The molecule has 0 aliphatic carbocycles. The summed E-state index contributed by atoms with van der Waals surface area (Å²) in [6, 6.07) is 0. The van der Waals surface area contributed by atoms with Gasteiger partial charge in [-0.1, -0.05) is 6.92 Å². The van der Waals surface area contributed by atoms with Crippen LogP contribution in [0.5, 0.6) is 0 Å². The van der Waals surface area contributed by atoms with Gasteiger partial charge in [-0.05, 0) is 53.6 Å². The Hall–Kier alpha value is -0.120. The Balaban J connectivity index is 3.50. The Morgan fingerprint density at radius 1 is 1.00 bits per heavy atom. The molecule has 0 aromatic heterocycles. The van der Waals surface area contributed by atoms with Gasteiger partial charge in [-0.2, -0.15) is 0 Å². The van der Waals surface area contributed by atoms with Crippen LogP contribution in [0.1, 0.15) is 19.8 Å². The predicted octanol–water partition coefficient (Wildman–Crippen LogP) is 0.870. The zero-order valence-corrected chi connectivity index (χ0v) is 10.3. The van der Waals surface area contributed by atoms with Crippen molar-refractivity contribution in [3.05, 3.63) is 0 Å². The Bertz CT molecular complexity index is 115. The number of nitrogens with zero attached hydrogens (tertiary/aromatic N) is 2. The van der Waals surface area contributed by atoms with Gasteiger partial charge in [0.25, 0.3) is 0 Å². The summed E-state index contributed by atoms with van der Waals surface area (Å²) in [7, 11) is 6.29. The molecular weight excluding hydrogens is 174 g/mol. The van der Waals surface area contributed by atoms with Crippen LogP contribution in [0, 0.1) is 0 Å². The van der Waals surface area contributed by atoms with Crippen LogP contribution in [-0.2, 0) is 0 Å². The quantitative estimate of drug-likeness (QED) is 0.597. The monoisotopic (exact) mass is 201 g/mol. The minimum Gasteiger partial charge on any atom is -0.318 e. The third-order valence-corrected chi connectivity index (χ3v) is 2.30. The molecule has 0 unspecified atom stereocenters. The van der Waals surface area contributed by atoms with Gasteiger partial charge in [0.05, 0.1) is 0 Å². The van der Waals surface area contributed by atoms with Crippen LogP contribution in [0.4, 0.5) is 0 Å². The lowest BCUT2D eigenvalue weighted by atomic mass is 10.3. The van der Waals surface area contributed by atoms with Crippen LogP contribution < -0.4 is 5.32 Å². The van der Waals surface area contributed by atoms with E-state index in [0.717, 1.165) is 6.54 Å². The van der Waals surface area contributed by atoms with Gasteiger partial charge in [-0.3, -0.25) is 0 Å². The van der Waals surface area contributed by atoms with Gasteiger partial charge in [-0.15, -0.1) is 0 Å². The molecule has 0 saturated carbocycles. The lowest BCUT2D eigenvalue weighted by Gasteiger charge is -2.22. The first-order valence-corrected chi connectivity index (χ1v) is 5.72. The van der Waals surface area contributed by atoms with Gasteiger partial charge in [0.1, 0.15) is 0 Å². The van der Waals surface area contributed by atoms with Gasteiger partial charge in [0.2, 0.25) is 0 Å². The molecule has 0 amide bonds. The van der Waals surface area contributed by atoms with Gasteiger partial charge < -0.3 is 15.1 Å². The van der Waals surface area contributed by atoms with Crippen LogP contribution >= 0.6 is 0 Å². The summed E-state index contributed by atoms with van der Waals surface area (Å²) in [5.41, 5.74) is 0. The molecule has 0 aromatic carbocycles. The highest BCUT2D eigenvalue weighted by Gasteiger charge is 2.02. The smallest absolute Gasteiger partial charge is 0.0107 e. The lowest BCUT2D eigenvalue weighted by Crippen LogP contribution is -2.33. The second-order valence-electron chi connectivity index (χ2n) is 4.10. The number of likely N-dealkylation sites (N-methyl/N-ethyl adjacent to an activating group) is 1. The Kier molecular flexibility index (Phi) is 9.35. The van der Waals surface area contributed by atoms with Gasteiger partial charge in [0.15, 0.2) is 0 Å². The van der Waals surface area contributed by atoms with Crippen molar-refractivity contribution in [1.29, 1.82) is 0 Å². The molecule has 0 fully saturated rings. The topological polar surface area (TPSA) is 18.5 Å². The molecular formula is C11H27N3. The minimum absolute atomic E-state index is 1.10. The second kappa shape index (κ2) is 9.44. The molecule has 3 nitrogen and oxygen atoms in total. The van der Waals surface area contributed by atoms with E-state index >= 15 is 0 Å². The first kappa shape index (κ1) is 13.9. The standard InChI is InChI=1S/C11H27N3/c1-5-8-14(11-7-12-2)10-6-9-13(3)4/h12H,5-11H2,1-4H3. The van der Waals surface area contributed by atoms with Crippen LogP contribution in [0.3, 0.4) is 0 Å². The normalized spacial score (nSPS) is 11.6. The second-order valence-corrected chi connectivity index (χ2v) is 4.10. The molecule has 3 heteroatoms. The molecule has 0 aromatic rings. The van der Waals surface area contributed by atoms with Gasteiger partial charge in [0, 0.05) is 13.1 Å². The fourth-order valence-electron chi connectivity index (χ4n) is 1.53. The lowest BCUT2D eigenvalue weighted by molar-refractivity contribution is 0.257. The first-order chi connectivity index (χ1) is 6.70. The van der Waals surface area contributed by atoms with Crippen LogP contribution in [0.15, 0.2) is 0 Å². The number of hydrogen-bond acceptors (Lipinski definition) is 3. The zero-order chi connectivity index (χ0) is 10.8. The van der Waals surface area contributed by atoms with Crippen LogP contribution in [0.25, 0.3) is 0 Å². The summed E-state index contributed by atoms with van der Waals surface area (Å²) in [5, 5.41) is 3.20. The maximum Gasteiger partial charge on any atom is 0.0107 e. The maximum absolute atomic E-state index is 3.20. The molecule has 0 atom stereocenters. The Morgan fingerprint density at radius 3 is 2.21 bits per heavy atom. The third-order valence-electron chi connectivity index (χ3n) is 2.30. The summed E-state index contributed by atoms with van der Waals surface area (Å²) in [6.45, 7) is 8.18. The van der Waals surface area contributed by atoms with Crippen molar-refractivity contribution < 1.29 is 0 Å². The summed E-state index contributed by atoms with van der Waals surface area (Å²) in [5.74, 6) is 0. The fourth-order valence-corrected chi connectivity index (χ4v) is 1.53. The van der Waals surface area contributed by atoms with E-state index in [0.29, 0.717) is 0 Å². The number of nitrogens with one attached hydrogen (secondary N) is 1. The maximum atomic E-state index is 3.20. The van der Waals surface area contributed by atoms with Gasteiger partial charge in [-0.25, -0.2) is 0 Å². The van der Waals surface area contributed by atoms with Crippen molar-refractivity contribution in [2.45, 2.75) is 19.8 Å². The SMILES string of the molecule is CCCN(CCCN(C)C)CCNC. The van der Waals surface area contributed by atoms with Crippen LogP contribution in [-0.4, -0.2) is 63.7 Å². The molecule has 0 heterocycles. The number of rotatable bonds is 9. The highest BCUT2D eigenvalue weighted by Crippen LogP contribution is 1.94. The van der Waals surface area contributed by atoms with Crippen molar-refractivity contribution in [3.63, 3.8) is 0 Å². The van der Waals surface area contributed by atoms with E-state index < -0.39 is 0 Å². The highest BCUT2D eigenvalue weighted by molar-refractivity contribution is 4.59. The van der Waals surface area contributed by atoms with Crippen molar-refractivity contribution in [2.24, 2.45) is 0 Å². The van der Waals surface area contributed by atoms with E-state index in [1.165, 1.54) is 39.0 Å². The average molecular weight is 201 g/mol. The average Bonchev–Trinajstić information content (AvgIpc) is 2.13. The summed E-state index contributed by atoms with van der Waals surface area (Å²) in [4.78, 5) is 4.79. The molecule has 0 radical (unpaired) electrons. The molecule has 0 spiro atoms. The van der Waals surface area contributed by atoms with Crippen LogP contribution in [0.2, 0.25) is 0 Å². The van der Waals surface area contributed by atoms with E-state index in [2.05, 4.69) is 36.1 Å². The molecule has 0 aliphatic heterocycles. The van der Waals surface area contributed by atoms with E-state index in [4.69, 9.17) is 0 Å². The number of hydrogen-bond donors (Lipinski definition) is 1. The third kappa shape index (κ3) is 8.48. The summed E-state index contributed by atoms with van der Waals surface area (Å²) in [6.07, 6.45) is 2.53. The molecule has 14 heavy (non-hydrogen) atoms. The molecule has 86 valence electrons. The van der Waals surface area contributed by atoms with Crippen molar-refractivity contribution in [3.8, 4) is 0 Å². The fraction of sp³-hybridized carbons (Fsp3) is 1.00. The van der Waals surface area contributed by atoms with E-state index in [1.54, 1.807) is 0 Å². The summed E-state index contributed by atoms with van der Waals surface area (Å²) < 4.78 is 0. The highest BCUT2D eigenvalue weighted by atomic mass is 15.1. The Morgan fingerprint density at radius 2 is 1.71 bits per heavy atom. The van der Waals surface area contributed by atoms with Crippen molar-refractivity contribution in [2.75, 3.05) is 53.9 Å². The minimum atomic E-state index is 1.10. The van der Waals surface area contributed by atoms with E-state index in [1.807, 2.05) is 7.05 Å². The Labute approximate surface area is 89.5 Å². The molecule has 0 aliphatic rings. The van der Waals surface area contributed by atoms with E-state index in [9.17, 15) is 0 Å². The van der Waals surface area contributed by atoms with Gasteiger partial charge >= 0.3 is 0 Å².